The first-order valence-corrected chi connectivity index (χ1v) is 7.06. The summed E-state index contributed by atoms with van der Waals surface area (Å²) in [6, 6.07) is 2.06. The van der Waals surface area contributed by atoms with Gasteiger partial charge in [-0.15, -0.1) is 0 Å². The van der Waals surface area contributed by atoms with E-state index in [4.69, 9.17) is 0 Å². The van der Waals surface area contributed by atoms with Crippen molar-refractivity contribution in [2.45, 2.75) is 45.3 Å². The van der Waals surface area contributed by atoms with Gasteiger partial charge in [0.2, 0.25) is 0 Å². The zero-order valence-electron chi connectivity index (χ0n) is 12.4. The van der Waals surface area contributed by atoms with E-state index >= 15 is 0 Å². The summed E-state index contributed by atoms with van der Waals surface area (Å²) >= 11 is 0. The van der Waals surface area contributed by atoms with Gasteiger partial charge < -0.3 is 5.32 Å². The Kier molecular flexibility index (Phi) is 6.40. The molecule has 0 saturated carbocycles. The largest absolute Gasteiger partial charge is 0.416 e. The highest BCUT2D eigenvalue weighted by molar-refractivity contribution is 5.30. The Hall–Kier alpha value is -1.36. The molecular weight excluding hydrogens is 282 g/mol. The SMILES string of the molecule is C=C(CC)CC(NCCC)c1cc(C(F)(F)F)ccc1F. The lowest BCUT2D eigenvalue weighted by atomic mass is 9.96. The molecule has 0 radical (unpaired) electrons. The number of halogens is 4. The number of rotatable bonds is 7. The third-order valence-electron chi connectivity index (χ3n) is 3.33. The van der Waals surface area contributed by atoms with Crippen LogP contribution < -0.4 is 5.32 Å². The van der Waals surface area contributed by atoms with E-state index in [9.17, 15) is 17.6 Å². The Labute approximate surface area is 123 Å². The van der Waals surface area contributed by atoms with E-state index < -0.39 is 23.6 Å². The van der Waals surface area contributed by atoms with Crippen LogP contribution in [-0.2, 0) is 6.18 Å². The summed E-state index contributed by atoms with van der Waals surface area (Å²) in [6.45, 7) is 8.34. The molecule has 0 fully saturated rings. The molecule has 0 heterocycles. The monoisotopic (exact) mass is 303 g/mol. The van der Waals surface area contributed by atoms with E-state index in [0.717, 1.165) is 30.2 Å². The molecule has 1 aromatic carbocycles. The second-order valence-corrected chi connectivity index (χ2v) is 5.05. The molecule has 0 saturated heterocycles. The predicted octanol–water partition coefficient (Wildman–Crippen LogP) is 5.24. The Morgan fingerprint density at radius 1 is 1.29 bits per heavy atom. The molecule has 0 bridgehead atoms. The minimum absolute atomic E-state index is 0.0490. The van der Waals surface area contributed by atoms with Gasteiger partial charge in [-0.1, -0.05) is 26.0 Å². The molecule has 0 aliphatic carbocycles. The van der Waals surface area contributed by atoms with Crippen molar-refractivity contribution < 1.29 is 17.6 Å². The molecule has 1 unspecified atom stereocenters. The molecule has 1 atom stereocenters. The Bertz CT molecular complexity index is 480. The highest BCUT2D eigenvalue weighted by Gasteiger charge is 2.32. The molecule has 0 amide bonds. The highest BCUT2D eigenvalue weighted by Crippen LogP contribution is 2.33. The van der Waals surface area contributed by atoms with Crippen molar-refractivity contribution in [3.05, 3.63) is 47.3 Å². The fourth-order valence-electron chi connectivity index (χ4n) is 2.03. The molecule has 1 aromatic rings. The molecule has 21 heavy (non-hydrogen) atoms. The van der Waals surface area contributed by atoms with Crippen molar-refractivity contribution in [2.75, 3.05) is 6.54 Å². The summed E-state index contributed by atoms with van der Waals surface area (Å²) < 4.78 is 52.3. The third-order valence-corrected chi connectivity index (χ3v) is 3.33. The molecule has 5 heteroatoms. The summed E-state index contributed by atoms with van der Waals surface area (Å²) in [4.78, 5) is 0. The zero-order chi connectivity index (χ0) is 16.0. The van der Waals surface area contributed by atoms with E-state index in [1.165, 1.54) is 0 Å². The Balaban J connectivity index is 3.12. The zero-order valence-corrected chi connectivity index (χ0v) is 12.4. The maximum Gasteiger partial charge on any atom is 0.416 e. The van der Waals surface area contributed by atoms with Crippen molar-refractivity contribution in [3.63, 3.8) is 0 Å². The first-order chi connectivity index (χ1) is 9.79. The van der Waals surface area contributed by atoms with Gasteiger partial charge in [0.25, 0.3) is 0 Å². The lowest BCUT2D eigenvalue weighted by Gasteiger charge is -2.21. The van der Waals surface area contributed by atoms with Gasteiger partial charge in [0, 0.05) is 11.6 Å². The minimum Gasteiger partial charge on any atom is -0.310 e. The highest BCUT2D eigenvalue weighted by atomic mass is 19.4. The minimum atomic E-state index is -4.47. The van der Waals surface area contributed by atoms with E-state index in [1.54, 1.807) is 0 Å². The number of hydrogen-bond acceptors (Lipinski definition) is 1. The summed E-state index contributed by atoms with van der Waals surface area (Å²) in [5.74, 6) is -0.625. The average molecular weight is 303 g/mol. The van der Waals surface area contributed by atoms with Gasteiger partial charge in [-0.2, -0.15) is 13.2 Å². The maximum atomic E-state index is 14.0. The van der Waals surface area contributed by atoms with Crippen molar-refractivity contribution in [2.24, 2.45) is 0 Å². The van der Waals surface area contributed by atoms with Crippen LogP contribution in [0.5, 0.6) is 0 Å². The molecule has 0 aliphatic rings. The summed E-state index contributed by atoms with van der Waals surface area (Å²) in [5, 5.41) is 3.10. The van der Waals surface area contributed by atoms with Crippen molar-refractivity contribution in [1.29, 1.82) is 0 Å². The van der Waals surface area contributed by atoms with Crippen LogP contribution in [0.2, 0.25) is 0 Å². The molecule has 1 N–H and O–H groups in total. The van der Waals surface area contributed by atoms with Crippen molar-refractivity contribution in [1.82, 2.24) is 5.32 Å². The van der Waals surface area contributed by atoms with Crippen LogP contribution in [-0.4, -0.2) is 6.54 Å². The fraction of sp³-hybridized carbons (Fsp3) is 0.500. The lowest BCUT2D eigenvalue weighted by Crippen LogP contribution is -2.24. The molecule has 0 aromatic heterocycles. The predicted molar refractivity (Wildman–Crippen MR) is 76.5 cm³/mol. The first-order valence-electron chi connectivity index (χ1n) is 7.06. The molecule has 118 valence electrons. The van der Waals surface area contributed by atoms with Gasteiger partial charge in [0.05, 0.1) is 5.56 Å². The molecule has 1 nitrogen and oxygen atoms in total. The molecular formula is C16H21F4N. The normalized spacial score (nSPS) is 13.2. The van der Waals surface area contributed by atoms with Crippen LogP contribution in [0.1, 0.15) is 50.3 Å². The van der Waals surface area contributed by atoms with Crippen LogP contribution in [0.3, 0.4) is 0 Å². The summed E-state index contributed by atoms with van der Waals surface area (Å²) in [7, 11) is 0. The van der Waals surface area contributed by atoms with Crippen molar-refractivity contribution in [3.8, 4) is 0 Å². The van der Waals surface area contributed by atoms with Crippen molar-refractivity contribution >= 4 is 0 Å². The Morgan fingerprint density at radius 3 is 2.48 bits per heavy atom. The van der Waals surface area contributed by atoms with Gasteiger partial charge in [-0.05, 0) is 44.0 Å². The van der Waals surface area contributed by atoms with Gasteiger partial charge >= 0.3 is 6.18 Å². The molecule has 0 spiro atoms. The summed E-state index contributed by atoms with van der Waals surface area (Å²) in [5.41, 5.74) is 0.0950. The topological polar surface area (TPSA) is 12.0 Å². The number of nitrogens with one attached hydrogen (secondary N) is 1. The van der Waals surface area contributed by atoms with Crippen LogP contribution in [0, 0.1) is 5.82 Å². The first kappa shape index (κ1) is 17.7. The van der Waals surface area contributed by atoms with Gasteiger partial charge in [-0.25, -0.2) is 4.39 Å². The van der Waals surface area contributed by atoms with Crippen LogP contribution in [0.15, 0.2) is 30.4 Å². The van der Waals surface area contributed by atoms with Crippen LogP contribution >= 0.6 is 0 Å². The van der Waals surface area contributed by atoms with Crippen LogP contribution in [0.4, 0.5) is 17.6 Å². The van der Waals surface area contributed by atoms with Crippen LogP contribution in [0.25, 0.3) is 0 Å². The summed E-state index contributed by atoms with van der Waals surface area (Å²) in [6.07, 6.45) is -2.52. The average Bonchev–Trinajstić information content (AvgIpc) is 2.42. The second-order valence-electron chi connectivity index (χ2n) is 5.05. The number of alkyl halides is 3. The van der Waals surface area contributed by atoms with Gasteiger partial charge in [0.15, 0.2) is 0 Å². The van der Waals surface area contributed by atoms with E-state index in [2.05, 4.69) is 11.9 Å². The van der Waals surface area contributed by atoms with Gasteiger partial charge in [-0.3, -0.25) is 0 Å². The number of hydrogen-bond donors (Lipinski definition) is 1. The number of benzene rings is 1. The third kappa shape index (κ3) is 5.16. The lowest BCUT2D eigenvalue weighted by molar-refractivity contribution is -0.137. The fourth-order valence-corrected chi connectivity index (χ4v) is 2.03. The van der Waals surface area contributed by atoms with E-state index in [0.29, 0.717) is 19.4 Å². The second kappa shape index (κ2) is 7.59. The Morgan fingerprint density at radius 2 is 1.95 bits per heavy atom. The van der Waals surface area contributed by atoms with E-state index in [-0.39, 0.29) is 5.56 Å². The standard InChI is InChI=1S/C16H21F4N/c1-4-8-21-15(9-11(3)5-2)13-10-12(16(18,19)20)6-7-14(13)17/h6-7,10,15,21H,3-5,8-9H2,1-2H3. The quantitative estimate of drug-likeness (QED) is 0.536. The van der Waals surface area contributed by atoms with E-state index in [1.807, 2.05) is 13.8 Å². The molecule has 0 aliphatic heterocycles. The molecule has 1 rings (SSSR count). The smallest absolute Gasteiger partial charge is 0.310 e. The maximum absolute atomic E-state index is 14.0. The van der Waals surface area contributed by atoms with Gasteiger partial charge in [0.1, 0.15) is 5.82 Å².